The van der Waals surface area contributed by atoms with Gasteiger partial charge in [-0.3, -0.25) is 0 Å². The highest BCUT2D eigenvalue weighted by molar-refractivity contribution is 6.22. The summed E-state index contributed by atoms with van der Waals surface area (Å²) < 4.78 is 22.5. The van der Waals surface area contributed by atoms with Crippen LogP contribution in [0.25, 0.3) is 10.4 Å². The standard InChI is InChI=1S/C48H37ClO2.C48H37N3O2.44H2/c1-3-4-5-6-7-8-9-10-11-12-13-14-15-16-17-18-21-24-27-30-41-50-42-31-28-25-22-19-20-23-26-29-32-43-51-47-39-37-46(38-40-47)48(49)45-35-33-44(2)34-36-45;1-3-4-5-6-7-8-9-10-11-12-13-14-15-16-17-18-21-24-27-30-41-52-42-31-28-25-22-19-20-23-26-29-32-43-53-47-39-37-46(38-40-47)48(50-51-49)45-35-33-44(2)34-36-45;;;;;;;;;;;;;;;;;;;;;;;;;;;;;;;;;;;;;;;;;;;;/h1,33-40,48H,19-20,22-23,25-26,28-29,31-32,42-43H2,2H3;1,33-40,48H,19-20,22-23,25-26,28-29,31-32,42-43H2,2H3;44*1H. The number of unbranched alkanes of at least 4 members (excludes halogenated alkanes) is 18. The fourth-order valence-corrected chi connectivity index (χ4v) is 8.95. The van der Waals surface area contributed by atoms with Crippen LogP contribution >= 0.6 is 11.6 Å². The Balaban J connectivity index is -0.0000000293. The lowest BCUT2D eigenvalue weighted by molar-refractivity contribution is 0.267. The number of aryl methyl sites for hydroxylation is 2. The summed E-state index contributed by atoms with van der Waals surface area (Å²) in [7, 11) is 0. The van der Waals surface area contributed by atoms with Crippen molar-refractivity contribution in [1.82, 2.24) is 0 Å². The minimum absolute atomic E-state index is 0. The predicted molar refractivity (Wildman–Crippen MR) is 515 cm³/mol. The molecule has 2 unspecified atom stereocenters. The second-order valence-electron chi connectivity index (χ2n) is 21.6. The molecule has 0 N–H and O–H groups in total. The van der Waals surface area contributed by atoms with Gasteiger partial charge in [-0.2, -0.15) is 0 Å². The summed E-state index contributed by atoms with van der Waals surface area (Å²) in [4.78, 5) is 3.05. The molecule has 0 heterocycles. The number of halogens is 1. The van der Waals surface area contributed by atoms with E-state index in [4.69, 9.17) is 48.9 Å². The second-order valence-corrected chi connectivity index (χ2v) is 22.1. The Kier molecular flexibility index (Phi) is 51.6. The highest BCUT2D eigenvalue weighted by Crippen LogP contribution is 2.31. The maximum absolute atomic E-state index is 9.05. The van der Waals surface area contributed by atoms with Gasteiger partial charge in [0.1, 0.15) is 36.9 Å². The fraction of sp³-hybridized carbons (Fsp3) is 0.292. The number of rotatable bonds is 33. The summed E-state index contributed by atoms with van der Waals surface area (Å²) in [5.74, 6) is 102. The molecule has 0 aliphatic rings. The van der Waals surface area contributed by atoms with E-state index in [0.717, 1.165) is 78.9 Å². The van der Waals surface area contributed by atoms with Crippen LogP contribution in [-0.4, -0.2) is 26.4 Å². The Morgan fingerprint density at radius 1 is 0.308 bits per heavy atom. The van der Waals surface area contributed by atoms with Gasteiger partial charge in [-0.25, -0.2) is 0 Å². The largest absolute Gasteiger partial charge is 0.494 e. The van der Waals surface area contributed by atoms with Crippen molar-refractivity contribution in [3.63, 3.8) is 0 Å². The topological polar surface area (TPSA) is 85.7 Å². The summed E-state index contributed by atoms with van der Waals surface area (Å²) in [5, 5.41) is 3.86. The van der Waals surface area contributed by atoms with Crippen molar-refractivity contribution in [3.8, 4) is 273 Å². The Bertz CT molecular complexity index is 5080. The van der Waals surface area contributed by atoms with Crippen molar-refractivity contribution in [2.45, 2.75) is 154 Å². The van der Waals surface area contributed by atoms with Crippen LogP contribution < -0.4 is 9.47 Å². The molecule has 0 aliphatic heterocycles. The van der Waals surface area contributed by atoms with E-state index >= 15 is 0 Å². The second kappa shape index (κ2) is 63.7. The molecule has 4 aromatic carbocycles. The third kappa shape index (κ3) is 48.7. The lowest BCUT2D eigenvalue weighted by Gasteiger charge is -2.13. The van der Waals surface area contributed by atoms with E-state index in [0.29, 0.717) is 19.8 Å². The average Bonchev–Trinajstić information content (AvgIpc) is 0.848. The minimum Gasteiger partial charge on any atom is -0.494 e. The highest BCUT2D eigenvalue weighted by atomic mass is 35.5. The first-order chi connectivity index (χ1) is 51.4. The SMILES string of the molecule is C#CC#CC#CC#CC#CC#CC#CC#CC#CC#CC#COCCCCCCCCCCCCOc1ccc(C(Cl)c2ccc(C)cc2)cc1.C#CC#CC#CC#CC#CC#CC#CC#CC#CC#CC#COCCCCCCCCCCCCOc1ccc(C(N=[N+]=[N-])c2ccc(C)cc2)cc1.[HH].[HH].[HH].[HH].[HH].[HH].[HH].[HH].[HH].[HH].[HH].[HH].[HH].[HH].[HH].[HH].[HH].[HH].[HH].[HH].[HH].[HH].[HH].[HH].[HH].[HH].[HH].[HH].[HH].[HH].[HH].[HH].[HH].[HH].[HH].[HH].[HH].[HH].[HH].[HH].[HH].[HH].[HH].[HH]. The fourth-order valence-electron chi connectivity index (χ4n) is 8.65. The molecule has 0 saturated carbocycles. The van der Waals surface area contributed by atoms with Gasteiger partial charge in [-0.1, -0.05) is 192 Å². The minimum atomic E-state index is -0.350. The molecule has 592 valence electrons. The molecule has 4 aromatic rings. The van der Waals surface area contributed by atoms with Crippen molar-refractivity contribution < 1.29 is 81.7 Å². The van der Waals surface area contributed by atoms with Gasteiger partial charge in [0.05, 0.1) is 24.6 Å². The lowest BCUT2D eigenvalue weighted by Crippen LogP contribution is -2.00. The molecule has 7 nitrogen and oxygen atoms in total. The van der Waals surface area contributed by atoms with Crippen LogP contribution in [0.1, 0.15) is 236 Å². The molecule has 0 radical (unpaired) electrons. The van der Waals surface area contributed by atoms with Gasteiger partial charge in [0.25, 0.3) is 0 Å². The van der Waals surface area contributed by atoms with E-state index in [1.165, 1.54) is 101 Å². The first kappa shape index (κ1) is 84.2. The number of alkyl halides is 1. The maximum Gasteiger partial charge on any atom is 0.124 e. The van der Waals surface area contributed by atoms with Crippen molar-refractivity contribution in [2.75, 3.05) is 26.4 Å². The molecule has 0 saturated heterocycles. The quantitative estimate of drug-likeness (QED) is 0.0119. The van der Waals surface area contributed by atoms with Gasteiger partial charge in [0.15, 0.2) is 0 Å². The van der Waals surface area contributed by atoms with Gasteiger partial charge in [0, 0.05) is 210 Å². The van der Waals surface area contributed by atoms with Crippen LogP contribution in [0, 0.1) is 276 Å². The number of ether oxygens (including phenoxy) is 4. The van der Waals surface area contributed by atoms with Gasteiger partial charge < -0.3 is 18.9 Å². The van der Waals surface area contributed by atoms with Crippen LogP contribution in [0.5, 0.6) is 11.5 Å². The van der Waals surface area contributed by atoms with Crippen molar-refractivity contribution in [1.29, 1.82) is 0 Å². The van der Waals surface area contributed by atoms with E-state index < -0.39 is 0 Å². The molecule has 2 atom stereocenters. The van der Waals surface area contributed by atoms with Crippen LogP contribution in [0.2, 0.25) is 0 Å². The van der Waals surface area contributed by atoms with Crippen molar-refractivity contribution in [3.05, 3.63) is 141 Å². The third-order valence-electron chi connectivity index (χ3n) is 13.8. The number of hydrogen-bond acceptors (Lipinski definition) is 5. The number of hydrogen-bond donors (Lipinski definition) is 0. The Morgan fingerprint density at radius 3 is 0.779 bits per heavy atom. The molecule has 0 spiro atoms. The van der Waals surface area contributed by atoms with Gasteiger partial charge >= 0.3 is 0 Å². The molecule has 8 heteroatoms. The third-order valence-corrected chi connectivity index (χ3v) is 14.3. The van der Waals surface area contributed by atoms with E-state index in [1.54, 1.807) is 0 Å². The summed E-state index contributed by atoms with van der Waals surface area (Å²) in [6, 6.07) is 32.1. The number of terminal acetylenes is 2. The first-order valence-electron chi connectivity index (χ1n) is 33.9. The molecular weight excluding hydrogens is 1290 g/mol. The molecule has 104 heavy (non-hydrogen) atoms. The van der Waals surface area contributed by atoms with Crippen molar-refractivity contribution in [2.24, 2.45) is 5.11 Å². The number of benzene rings is 4. The summed E-state index contributed by atoms with van der Waals surface area (Å²) in [5.41, 5.74) is 15.6. The summed E-state index contributed by atoms with van der Waals surface area (Å²) in [6.45, 7) is 6.77. The maximum atomic E-state index is 9.05. The van der Waals surface area contributed by atoms with E-state index in [-0.39, 0.29) is 74.2 Å². The van der Waals surface area contributed by atoms with Crippen LogP contribution in [-0.2, 0) is 9.47 Å². The number of nitrogens with zero attached hydrogens (tertiary/aromatic N) is 3. The van der Waals surface area contributed by atoms with E-state index in [9.17, 15) is 0 Å². The molecule has 4 rings (SSSR count). The van der Waals surface area contributed by atoms with Gasteiger partial charge in [0.2, 0.25) is 0 Å². The molecule has 0 aromatic heterocycles. The normalized spacial score (nSPS) is 8.59. The number of azide groups is 1. The zero-order chi connectivity index (χ0) is 74.0. The van der Waals surface area contributed by atoms with Crippen LogP contribution in [0.15, 0.2) is 102 Å². The van der Waals surface area contributed by atoms with Crippen LogP contribution in [0.3, 0.4) is 0 Å². The van der Waals surface area contributed by atoms with Crippen LogP contribution in [0.4, 0.5) is 0 Å². The lowest BCUT2D eigenvalue weighted by atomic mass is 9.98. The Labute approximate surface area is 691 Å². The summed E-state index contributed by atoms with van der Waals surface area (Å²) in [6.07, 6.45) is 38.8. The van der Waals surface area contributed by atoms with E-state index in [2.05, 4.69) is 302 Å². The molecule has 0 bridgehead atoms. The summed E-state index contributed by atoms with van der Waals surface area (Å²) >= 11 is 6.66. The monoisotopic (exact) mass is 1460 g/mol. The molecule has 0 amide bonds. The zero-order valence-electron chi connectivity index (χ0n) is 58.9. The Morgan fingerprint density at radius 2 is 0.519 bits per heavy atom. The van der Waals surface area contributed by atoms with Gasteiger partial charge in [-0.15, -0.1) is 24.4 Å². The molecule has 0 aliphatic carbocycles. The molecule has 0 fully saturated rings. The van der Waals surface area contributed by atoms with E-state index in [1.807, 2.05) is 67.6 Å². The Hall–Kier alpha value is -14.0. The smallest absolute Gasteiger partial charge is 0.124 e. The molecular formula is C96H162ClN3O4. The first-order valence-corrected chi connectivity index (χ1v) is 34.3. The highest BCUT2D eigenvalue weighted by Gasteiger charge is 2.13. The zero-order valence-corrected chi connectivity index (χ0v) is 59.6. The average molecular weight is 1460 g/mol. The van der Waals surface area contributed by atoms with Crippen molar-refractivity contribution >= 4 is 11.6 Å². The van der Waals surface area contributed by atoms with Gasteiger partial charge in [-0.05, 0) is 186 Å². The predicted octanol–water partition coefficient (Wildman–Crippen LogP) is 27.4.